The van der Waals surface area contributed by atoms with Crippen LogP contribution in [0, 0.1) is 9.39 Å². The van der Waals surface area contributed by atoms with Crippen LogP contribution in [0.1, 0.15) is 10.4 Å². The van der Waals surface area contributed by atoms with E-state index in [1.54, 1.807) is 4.90 Å². The highest BCUT2D eigenvalue weighted by Gasteiger charge is 2.38. The highest BCUT2D eigenvalue weighted by Crippen LogP contribution is 2.22. The van der Waals surface area contributed by atoms with E-state index in [-0.39, 0.29) is 11.5 Å². The van der Waals surface area contributed by atoms with Gasteiger partial charge in [0.15, 0.2) is 0 Å². The van der Waals surface area contributed by atoms with Crippen molar-refractivity contribution < 1.29 is 14.0 Å². The molecule has 1 aliphatic rings. The maximum Gasteiger partial charge on any atom is 0.252 e. The molecule has 22 heavy (non-hydrogen) atoms. The van der Waals surface area contributed by atoms with Crippen LogP contribution in [0.5, 0.6) is 0 Å². The summed E-state index contributed by atoms with van der Waals surface area (Å²) in [7, 11) is 0. The minimum atomic E-state index is -0.560. The van der Waals surface area contributed by atoms with Crippen LogP contribution in [0.15, 0.2) is 48.5 Å². The van der Waals surface area contributed by atoms with Crippen molar-refractivity contribution in [2.24, 2.45) is 0 Å². The summed E-state index contributed by atoms with van der Waals surface area (Å²) in [5, 5.41) is 2.63. The van der Waals surface area contributed by atoms with Crippen molar-refractivity contribution in [1.82, 2.24) is 5.32 Å². The molecule has 112 valence electrons. The van der Waals surface area contributed by atoms with E-state index in [0.29, 0.717) is 10.1 Å². The summed E-state index contributed by atoms with van der Waals surface area (Å²) in [6, 6.07) is 12.9. The molecule has 4 nitrogen and oxygen atoms in total. The molecule has 0 spiro atoms. The molecule has 6 heteroatoms. The molecule has 1 N–H and O–H groups in total. The largest absolute Gasteiger partial charge is 0.339 e. The molecule has 2 aromatic rings. The van der Waals surface area contributed by atoms with Gasteiger partial charge in [-0.25, -0.2) is 4.39 Å². The molecule has 3 rings (SSSR count). The van der Waals surface area contributed by atoms with E-state index >= 15 is 0 Å². The fourth-order valence-electron chi connectivity index (χ4n) is 2.25. The zero-order valence-corrected chi connectivity index (χ0v) is 13.6. The Morgan fingerprint density at radius 1 is 1.23 bits per heavy atom. The van der Waals surface area contributed by atoms with Gasteiger partial charge in [-0.05, 0) is 52.9 Å². The smallest absolute Gasteiger partial charge is 0.252 e. The van der Waals surface area contributed by atoms with Crippen LogP contribution in [0.4, 0.5) is 10.1 Å². The lowest BCUT2D eigenvalue weighted by molar-refractivity contribution is -0.124. The third-order valence-corrected chi connectivity index (χ3v) is 4.36. The number of hydrogen-bond donors (Lipinski definition) is 1. The highest BCUT2D eigenvalue weighted by atomic mass is 127. The van der Waals surface area contributed by atoms with Gasteiger partial charge in [-0.3, -0.25) is 9.59 Å². The van der Waals surface area contributed by atoms with Gasteiger partial charge in [0, 0.05) is 14.8 Å². The summed E-state index contributed by atoms with van der Waals surface area (Å²) in [4.78, 5) is 25.7. The van der Waals surface area contributed by atoms with E-state index in [1.165, 1.54) is 18.2 Å². The van der Waals surface area contributed by atoms with Gasteiger partial charge < -0.3 is 10.2 Å². The maximum absolute atomic E-state index is 13.5. The van der Waals surface area contributed by atoms with E-state index in [2.05, 4.69) is 5.32 Å². The molecule has 1 fully saturated rings. The maximum atomic E-state index is 13.5. The predicted octanol–water partition coefficient (Wildman–Crippen LogP) is 2.58. The molecular weight excluding hydrogens is 398 g/mol. The van der Waals surface area contributed by atoms with E-state index in [9.17, 15) is 14.0 Å². The molecule has 0 bridgehead atoms. The first-order chi connectivity index (χ1) is 10.6. The van der Waals surface area contributed by atoms with Gasteiger partial charge in [0.05, 0.1) is 6.54 Å². The van der Waals surface area contributed by atoms with Crippen LogP contribution in [0.25, 0.3) is 0 Å². The fraction of sp³-hybridized carbons (Fsp3) is 0.125. The van der Waals surface area contributed by atoms with Crippen LogP contribution in [-0.2, 0) is 4.79 Å². The molecule has 1 atom stereocenters. The van der Waals surface area contributed by atoms with Crippen LogP contribution < -0.4 is 10.2 Å². The number of hydrogen-bond acceptors (Lipinski definition) is 2. The lowest BCUT2D eigenvalue weighted by Crippen LogP contribution is -2.64. The van der Waals surface area contributed by atoms with Crippen molar-refractivity contribution in [3.63, 3.8) is 0 Å². The second-order valence-electron chi connectivity index (χ2n) is 4.94. The normalized spacial score (nSPS) is 17.1. The second-order valence-corrected chi connectivity index (χ2v) is 6.10. The van der Waals surface area contributed by atoms with Crippen molar-refractivity contribution in [3.05, 3.63) is 63.5 Å². The third kappa shape index (κ3) is 2.83. The molecule has 1 heterocycles. The summed E-state index contributed by atoms with van der Waals surface area (Å²) < 4.78 is 13.9. The van der Waals surface area contributed by atoms with Gasteiger partial charge in [-0.2, -0.15) is 0 Å². The average Bonchev–Trinajstić information content (AvgIpc) is 2.53. The van der Waals surface area contributed by atoms with Crippen LogP contribution >= 0.6 is 22.6 Å². The minimum Gasteiger partial charge on any atom is -0.339 e. The quantitative estimate of drug-likeness (QED) is 0.625. The second kappa shape index (κ2) is 6.04. The van der Waals surface area contributed by atoms with Crippen molar-refractivity contribution >= 4 is 40.1 Å². The number of nitrogens with zero attached hydrogens (tertiary/aromatic N) is 1. The number of halogens is 2. The molecule has 0 radical (unpaired) electrons. The molecular formula is C16H12FIN2O2. The van der Waals surface area contributed by atoms with E-state index in [4.69, 9.17) is 0 Å². The van der Waals surface area contributed by atoms with E-state index in [0.717, 1.165) is 5.69 Å². The highest BCUT2D eigenvalue weighted by molar-refractivity contribution is 14.1. The first-order valence-corrected chi connectivity index (χ1v) is 7.76. The topological polar surface area (TPSA) is 49.4 Å². The monoisotopic (exact) mass is 410 g/mol. The number of para-hydroxylation sites is 1. The predicted molar refractivity (Wildman–Crippen MR) is 89.2 cm³/mol. The minimum absolute atomic E-state index is 0.162. The first kappa shape index (κ1) is 15.0. The van der Waals surface area contributed by atoms with Crippen molar-refractivity contribution in [1.29, 1.82) is 0 Å². The van der Waals surface area contributed by atoms with Crippen molar-refractivity contribution in [2.45, 2.75) is 6.04 Å². The Balaban J connectivity index is 1.64. The number of rotatable bonds is 3. The Morgan fingerprint density at radius 3 is 2.59 bits per heavy atom. The average molecular weight is 410 g/mol. The number of amides is 2. The van der Waals surface area contributed by atoms with Gasteiger partial charge in [0.1, 0.15) is 11.9 Å². The summed E-state index contributed by atoms with van der Waals surface area (Å²) in [6.45, 7) is 0.418. The Kier molecular flexibility index (Phi) is 4.10. The lowest BCUT2D eigenvalue weighted by Gasteiger charge is -2.38. The number of carbonyl (C=O) groups excluding carboxylic acids is 2. The number of nitrogens with one attached hydrogen (secondary N) is 1. The van der Waals surface area contributed by atoms with Crippen LogP contribution in [0.3, 0.4) is 0 Å². The summed E-state index contributed by atoms with van der Waals surface area (Å²) in [6.07, 6.45) is 0. The van der Waals surface area contributed by atoms with Gasteiger partial charge in [-0.1, -0.05) is 18.2 Å². The summed E-state index contributed by atoms with van der Waals surface area (Å²) in [5.74, 6) is -1.05. The Morgan fingerprint density at radius 2 is 1.95 bits per heavy atom. The standard InChI is InChI=1S/C16H12FIN2O2/c17-12-8-10(6-7-13(12)18)15(21)19-14-9-20(16(14)22)11-4-2-1-3-5-11/h1-8,14H,9H2,(H,19,21)/t14-/m0/s1. The number of carbonyl (C=O) groups is 2. The van der Waals surface area contributed by atoms with Crippen molar-refractivity contribution in [2.75, 3.05) is 11.4 Å². The molecule has 2 amide bonds. The lowest BCUT2D eigenvalue weighted by atomic mass is 10.1. The molecule has 1 aliphatic heterocycles. The van der Waals surface area contributed by atoms with Crippen LogP contribution in [0.2, 0.25) is 0 Å². The molecule has 0 unspecified atom stereocenters. The fourth-order valence-corrected chi connectivity index (χ4v) is 2.59. The van der Waals surface area contributed by atoms with Gasteiger partial charge in [0.25, 0.3) is 11.8 Å². The molecule has 0 aliphatic carbocycles. The molecule has 2 aromatic carbocycles. The van der Waals surface area contributed by atoms with E-state index in [1.807, 2.05) is 52.9 Å². The third-order valence-electron chi connectivity index (χ3n) is 3.48. The number of β-lactam (4-membered cyclic amide) rings is 1. The molecule has 0 aromatic heterocycles. The number of benzene rings is 2. The van der Waals surface area contributed by atoms with Crippen LogP contribution in [-0.4, -0.2) is 24.4 Å². The zero-order valence-electron chi connectivity index (χ0n) is 11.4. The Bertz CT molecular complexity index is 736. The zero-order chi connectivity index (χ0) is 15.7. The summed E-state index contributed by atoms with van der Waals surface area (Å²) >= 11 is 1.85. The SMILES string of the molecule is O=C(N[C@H]1CN(c2ccccc2)C1=O)c1ccc(I)c(F)c1. The van der Waals surface area contributed by atoms with Gasteiger partial charge in [0.2, 0.25) is 0 Å². The Labute approximate surface area is 140 Å². The van der Waals surface area contributed by atoms with Crippen molar-refractivity contribution in [3.8, 4) is 0 Å². The molecule has 0 saturated carbocycles. The number of anilines is 1. The Hall–Kier alpha value is -1.96. The van der Waals surface area contributed by atoms with Gasteiger partial charge >= 0.3 is 0 Å². The first-order valence-electron chi connectivity index (χ1n) is 6.68. The molecule has 1 saturated heterocycles. The van der Waals surface area contributed by atoms with E-state index < -0.39 is 17.8 Å². The van der Waals surface area contributed by atoms with Gasteiger partial charge in [-0.15, -0.1) is 0 Å². The summed E-state index contributed by atoms with van der Waals surface area (Å²) in [5.41, 5.74) is 1.02.